The fourth-order valence-electron chi connectivity index (χ4n) is 2.03. The first-order valence-electron chi connectivity index (χ1n) is 5.14. The highest BCUT2D eigenvalue weighted by Crippen LogP contribution is 2.21. The lowest BCUT2D eigenvalue weighted by molar-refractivity contribution is 0.0681. The standard InChI is InChI=1S/C10H15N3O2/c1-3-13-9(10(14)15)7-6-12(2)5-4-8(7)11-13/h3-6H2,1-2H3,(H,14,15). The van der Waals surface area contributed by atoms with Crippen molar-refractivity contribution in [2.45, 2.75) is 26.4 Å². The minimum absolute atomic E-state index is 0.360. The van der Waals surface area contributed by atoms with Gasteiger partial charge in [-0.25, -0.2) is 4.79 Å². The molecule has 1 aliphatic heterocycles. The molecule has 0 radical (unpaired) electrons. The van der Waals surface area contributed by atoms with Gasteiger partial charge in [0, 0.05) is 31.6 Å². The summed E-state index contributed by atoms with van der Waals surface area (Å²) in [6, 6.07) is 0. The Morgan fingerprint density at radius 3 is 2.93 bits per heavy atom. The zero-order valence-corrected chi connectivity index (χ0v) is 9.03. The molecule has 0 saturated heterocycles. The fourth-order valence-corrected chi connectivity index (χ4v) is 2.03. The van der Waals surface area contributed by atoms with Gasteiger partial charge in [0.1, 0.15) is 0 Å². The van der Waals surface area contributed by atoms with Crippen LogP contribution >= 0.6 is 0 Å². The van der Waals surface area contributed by atoms with E-state index >= 15 is 0 Å². The van der Waals surface area contributed by atoms with Gasteiger partial charge < -0.3 is 10.0 Å². The van der Waals surface area contributed by atoms with Crippen LogP contribution in [0.5, 0.6) is 0 Å². The maximum Gasteiger partial charge on any atom is 0.354 e. The fraction of sp³-hybridized carbons (Fsp3) is 0.600. The van der Waals surface area contributed by atoms with E-state index in [0.717, 1.165) is 24.2 Å². The van der Waals surface area contributed by atoms with Gasteiger partial charge in [-0.1, -0.05) is 0 Å². The van der Waals surface area contributed by atoms with Crippen molar-refractivity contribution in [1.29, 1.82) is 0 Å². The van der Waals surface area contributed by atoms with Gasteiger partial charge in [-0.15, -0.1) is 0 Å². The molecule has 0 amide bonds. The van der Waals surface area contributed by atoms with Crippen LogP contribution in [0, 0.1) is 0 Å². The van der Waals surface area contributed by atoms with Crippen LogP contribution in [0.3, 0.4) is 0 Å². The third-order valence-corrected chi connectivity index (χ3v) is 2.79. The summed E-state index contributed by atoms with van der Waals surface area (Å²) in [6.45, 7) is 4.16. The molecular weight excluding hydrogens is 194 g/mol. The number of aromatic nitrogens is 2. The molecule has 1 aromatic heterocycles. The Hall–Kier alpha value is -1.36. The molecule has 2 rings (SSSR count). The SMILES string of the molecule is CCn1nc2c(c1C(=O)O)CN(C)CC2. The van der Waals surface area contributed by atoms with Crippen LogP contribution in [0.4, 0.5) is 0 Å². The average Bonchev–Trinajstić information content (AvgIpc) is 2.55. The van der Waals surface area contributed by atoms with Crippen LogP contribution in [-0.2, 0) is 19.5 Å². The molecule has 0 aliphatic carbocycles. The van der Waals surface area contributed by atoms with E-state index in [-0.39, 0.29) is 0 Å². The Bertz CT molecular complexity index is 398. The third-order valence-electron chi connectivity index (χ3n) is 2.79. The summed E-state index contributed by atoms with van der Waals surface area (Å²) in [5.41, 5.74) is 2.20. The van der Waals surface area contributed by atoms with Gasteiger partial charge in [-0.05, 0) is 14.0 Å². The van der Waals surface area contributed by atoms with Gasteiger partial charge in [0.15, 0.2) is 5.69 Å². The van der Waals surface area contributed by atoms with Crippen molar-refractivity contribution in [3.05, 3.63) is 17.0 Å². The van der Waals surface area contributed by atoms with Crippen molar-refractivity contribution in [3.63, 3.8) is 0 Å². The first-order valence-corrected chi connectivity index (χ1v) is 5.14. The number of fused-ring (bicyclic) bond motifs is 1. The van der Waals surface area contributed by atoms with Gasteiger partial charge in [-0.3, -0.25) is 4.68 Å². The summed E-state index contributed by atoms with van der Waals surface area (Å²) in [6.07, 6.45) is 0.846. The van der Waals surface area contributed by atoms with Gasteiger partial charge >= 0.3 is 5.97 Å². The first kappa shape index (κ1) is 10.2. The van der Waals surface area contributed by atoms with Gasteiger partial charge in [0.05, 0.1) is 5.69 Å². The molecule has 0 saturated carbocycles. The molecule has 0 aromatic carbocycles. The minimum atomic E-state index is -0.874. The monoisotopic (exact) mass is 209 g/mol. The van der Waals surface area contributed by atoms with E-state index in [1.165, 1.54) is 0 Å². The smallest absolute Gasteiger partial charge is 0.354 e. The predicted octanol–water partition coefficient (Wildman–Crippen LogP) is 0.589. The van der Waals surface area contributed by atoms with Crippen LogP contribution in [-0.4, -0.2) is 39.3 Å². The van der Waals surface area contributed by atoms with Gasteiger partial charge in [0.25, 0.3) is 0 Å². The molecule has 0 spiro atoms. The van der Waals surface area contributed by atoms with Crippen molar-refractivity contribution in [3.8, 4) is 0 Å². The molecule has 1 aliphatic rings. The molecule has 2 heterocycles. The van der Waals surface area contributed by atoms with E-state index in [1.807, 2.05) is 14.0 Å². The molecule has 0 unspecified atom stereocenters. The lowest BCUT2D eigenvalue weighted by Gasteiger charge is -2.21. The molecule has 5 heteroatoms. The molecule has 5 nitrogen and oxygen atoms in total. The Kier molecular flexibility index (Phi) is 2.48. The number of hydrogen-bond acceptors (Lipinski definition) is 3. The number of likely N-dealkylation sites (N-methyl/N-ethyl adjacent to an activating group) is 1. The predicted molar refractivity (Wildman–Crippen MR) is 54.9 cm³/mol. The molecule has 0 atom stereocenters. The number of rotatable bonds is 2. The molecule has 1 aromatic rings. The zero-order chi connectivity index (χ0) is 11.0. The first-order chi connectivity index (χ1) is 7.13. The molecular formula is C10H15N3O2. The van der Waals surface area contributed by atoms with Crippen molar-refractivity contribution in [2.75, 3.05) is 13.6 Å². The maximum atomic E-state index is 11.1. The molecule has 0 bridgehead atoms. The molecule has 82 valence electrons. The van der Waals surface area contributed by atoms with Crippen molar-refractivity contribution in [1.82, 2.24) is 14.7 Å². The van der Waals surface area contributed by atoms with Gasteiger partial charge in [-0.2, -0.15) is 5.10 Å². The van der Waals surface area contributed by atoms with Crippen LogP contribution in [0.1, 0.15) is 28.7 Å². The van der Waals surface area contributed by atoms with Crippen molar-refractivity contribution < 1.29 is 9.90 Å². The Labute approximate surface area is 88.3 Å². The highest BCUT2D eigenvalue weighted by Gasteiger charge is 2.25. The lowest BCUT2D eigenvalue weighted by Crippen LogP contribution is -2.27. The lowest BCUT2D eigenvalue weighted by atomic mass is 10.1. The van der Waals surface area contributed by atoms with Crippen LogP contribution in [0.25, 0.3) is 0 Å². The third kappa shape index (κ3) is 1.63. The molecule has 15 heavy (non-hydrogen) atoms. The zero-order valence-electron chi connectivity index (χ0n) is 9.03. The van der Waals surface area contributed by atoms with Crippen LogP contribution in [0.2, 0.25) is 0 Å². The van der Waals surface area contributed by atoms with Crippen LogP contribution in [0.15, 0.2) is 0 Å². The van der Waals surface area contributed by atoms with Gasteiger partial charge in [0.2, 0.25) is 0 Å². The summed E-state index contributed by atoms with van der Waals surface area (Å²) >= 11 is 0. The summed E-state index contributed by atoms with van der Waals surface area (Å²) < 4.78 is 1.59. The van der Waals surface area contributed by atoms with E-state index in [9.17, 15) is 4.79 Å². The number of hydrogen-bond donors (Lipinski definition) is 1. The topological polar surface area (TPSA) is 58.4 Å². The van der Waals surface area contributed by atoms with E-state index in [4.69, 9.17) is 5.11 Å². The molecule has 0 fully saturated rings. The summed E-state index contributed by atoms with van der Waals surface area (Å²) in [5.74, 6) is -0.874. The normalized spacial score (nSPS) is 16.4. The maximum absolute atomic E-state index is 11.1. The quantitative estimate of drug-likeness (QED) is 0.774. The van der Waals surface area contributed by atoms with Crippen molar-refractivity contribution in [2.24, 2.45) is 0 Å². The average molecular weight is 209 g/mol. The molecule has 1 N–H and O–H groups in total. The largest absolute Gasteiger partial charge is 0.477 e. The second kappa shape index (κ2) is 3.66. The van der Waals surface area contributed by atoms with E-state index < -0.39 is 5.97 Å². The number of carbonyl (C=O) groups is 1. The second-order valence-corrected chi connectivity index (χ2v) is 3.88. The number of carboxylic acids is 1. The van der Waals surface area contributed by atoms with E-state index in [0.29, 0.717) is 18.8 Å². The summed E-state index contributed by atoms with van der Waals surface area (Å²) in [5, 5.41) is 13.5. The summed E-state index contributed by atoms with van der Waals surface area (Å²) in [4.78, 5) is 13.3. The Morgan fingerprint density at radius 1 is 1.60 bits per heavy atom. The van der Waals surface area contributed by atoms with Crippen molar-refractivity contribution >= 4 is 5.97 Å². The number of aromatic carboxylic acids is 1. The number of carboxylic acid groups (broad SMARTS) is 1. The van der Waals surface area contributed by atoms with Crippen LogP contribution < -0.4 is 0 Å². The Balaban J connectivity index is 2.50. The Morgan fingerprint density at radius 2 is 2.33 bits per heavy atom. The number of nitrogens with zero attached hydrogens (tertiary/aromatic N) is 3. The number of aryl methyl sites for hydroxylation is 1. The minimum Gasteiger partial charge on any atom is -0.477 e. The van der Waals surface area contributed by atoms with E-state index in [2.05, 4.69) is 10.00 Å². The summed E-state index contributed by atoms with van der Waals surface area (Å²) in [7, 11) is 2.00. The highest BCUT2D eigenvalue weighted by atomic mass is 16.4. The highest BCUT2D eigenvalue weighted by molar-refractivity contribution is 5.87. The second-order valence-electron chi connectivity index (χ2n) is 3.88. The van der Waals surface area contributed by atoms with E-state index in [1.54, 1.807) is 4.68 Å².